The van der Waals surface area contributed by atoms with Crippen LogP contribution in [-0.4, -0.2) is 47.0 Å². The predicted molar refractivity (Wildman–Crippen MR) is 130 cm³/mol. The zero-order valence-corrected chi connectivity index (χ0v) is 20.0. The number of aromatic nitrogens is 2. The molecule has 4 aromatic rings. The molecule has 0 atom stereocenters. The molecule has 0 unspecified atom stereocenters. The van der Waals surface area contributed by atoms with Crippen LogP contribution in [0, 0.1) is 27.7 Å². The SMILES string of the molecule is Cc1oc2c(C)c3oc(=O)c(CCC(=O)N4CCN(c5ncccn5)CC4)c(C)c3cc2c1C. The monoisotopic (exact) mass is 460 g/mol. The lowest BCUT2D eigenvalue weighted by Crippen LogP contribution is -2.49. The van der Waals surface area contributed by atoms with Crippen molar-refractivity contribution >= 4 is 33.8 Å². The predicted octanol–water partition coefficient (Wildman–Crippen LogP) is 3.84. The summed E-state index contributed by atoms with van der Waals surface area (Å²) in [5, 5.41) is 1.93. The number of aryl methyl sites for hydroxylation is 4. The largest absolute Gasteiger partial charge is 0.461 e. The van der Waals surface area contributed by atoms with E-state index in [4.69, 9.17) is 8.83 Å². The van der Waals surface area contributed by atoms with E-state index < -0.39 is 0 Å². The van der Waals surface area contributed by atoms with Crippen molar-refractivity contribution in [3.05, 3.63) is 63.0 Å². The Kier molecular flexibility index (Phi) is 5.59. The molecule has 5 rings (SSSR count). The maximum absolute atomic E-state index is 12.9. The van der Waals surface area contributed by atoms with Crippen LogP contribution < -0.4 is 10.5 Å². The number of carbonyl (C=O) groups excluding carboxylic acids is 1. The van der Waals surface area contributed by atoms with Crippen molar-refractivity contribution in [1.82, 2.24) is 14.9 Å². The maximum atomic E-state index is 12.9. The number of benzene rings is 1. The fraction of sp³-hybridized carbons (Fsp3) is 0.385. The van der Waals surface area contributed by atoms with E-state index in [1.807, 2.05) is 38.7 Å². The number of anilines is 1. The third kappa shape index (κ3) is 3.73. The number of nitrogens with zero attached hydrogens (tertiary/aromatic N) is 4. The number of furan rings is 1. The van der Waals surface area contributed by atoms with Crippen LogP contribution in [0.1, 0.15) is 34.4 Å². The Labute approximate surface area is 197 Å². The molecule has 34 heavy (non-hydrogen) atoms. The molecule has 176 valence electrons. The molecule has 0 radical (unpaired) electrons. The molecule has 3 aromatic heterocycles. The molecular weight excluding hydrogens is 432 g/mol. The molecule has 8 heteroatoms. The molecule has 0 bridgehead atoms. The first-order chi connectivity index (χ1) is 16.3. The number of piperazine rings is 1. The third-order valence-corrected chi connectivity index (χ3v) is 7.00. The second-order valence-electron chi connectivity index (χ2n) is 8.95. The zero-order valence-electron chi connectivity index (χ0n) is 20.0. The summed E-state index contributed by atoms with van der Waals surface area (Å²) in [5.74, 6) is 1.59. The maximum Gasteiger partial charge on any atom is 0.339 e. The van der Waals surface area contributed by atoms with E-state index in [1.165, 1.54) is 0 Å². The molecule has 0 N–H and O–H groups in total. The van der Waals surface area contributed by atoms with E-state index in [0.717, 1.165) is 38.8 Å². The van der Waals surface area contributed by atoms with Gasteiger partial charge in [-0.2, -0.15) is 0 Å². The second-order valence-corrected chi connectivity index (χ2v) is 8.95. The van der Waals surface area contributed by atoms with Gasteiger partial charge in [0.05, 0.1) is 0 Å². The number of rotatable bonds is 4. The molecule has 1 saturated heterocycles. The van der Waals surface area contributed by atoms with Gasteiger partial charge in [0, 0.05) is 66.9 Å². The Morgan fingerprint density at radius 2 is 1.56 bits per heavy atom. The summed E-state index contributed by atoms with van der Waals surface area (Å²) < 4.78 is 11.6. The van der Waals surface area contributed by atoms with Crippen LogP contribution in [0.4, 0.5) is 5.95 Å². The summed E-state index contributed by atoms with van der Waals surface area (Å²) >= 11 is 0. The van der Waals surface area contributed by atoms with Crippen molar-refractivity contribution in [2.45, 2.75) is 40.5 Å². The highest BCUT2D eigenvalue weighted by Crippen LogP contribution is 2.34. The van der Waals surface area contributed by atoms with E-state index in [9.17, 15) is 9.59 Å². The standard InChI is InChI=1S/C26H28N4O4/c1-15-18(4)33-23-17(3)24-21(14-20(15)23)16(2)19(25(32)34-24)6-7-22(31)29-10-12-30(13-11-29)26-27-8-5-9-28-26/h5,8-9,14H,6-7,10-13H2,1-4H3. The zero-order chi connectivity index (χ0) is 24.0. The number of hydrogen-bond donors (Lipinski definition) is 0. The van der Waals surface area contributed by atoms with E-state index in [1.54, 1.807) is 18.5 Å². The van der Waals surface area contributed by atoms with Gasteiger partial charge in [-0.15, -0.1) is 0 Å². The quantitative estimate of drug-likeness (QED) is 0.427. The van der Waals surface area contributed by atoms with Crippen LogP contribution in [0.15, 0.2) is 38.2 Å². The summed E-state index contributed by atoms with van der Waals surface area (Å²) in [4.78, 5) is 38.3. The fourth-order valence-electron chi connectivity index (χ4n) is 4.78. The van der Waals surface area contributed by atoms with Crippen molar-refractivity contribution in [3.8, 4) is 0 Å². The lowest BCUT2D eigenvalue weighted by Gasteiger charge is -2.34. The Hall–Kier alpha value is -3.68. The van der Waals surface area contributed by atoms with E-state index >= 15 is 0 Å². The fourth-order valence-corrected chi connectivity index (χ4v) is 4.78. The highest BCUT2D eigenvalue weighted by Gasteiger charge is 2.24. The summed E-state index contributed by atoms with van der Waals surface area (Å²) in [6.07, 6.45) is 4.06. The number of fused-ring (bicyclic) bond motifs is 2. The van der Waals surface area contributed by atoms with Crippen LogP contribution >= 0.6 is 0 Å². The first-order valence-electron chi connectivity index (χ1n) is 11.6. The second kappa shape index (κ2) is 8.59. The molecule has 8 nitrogen and oxygen atoms in total. The molecule has 4 heterocycles. The van der Waals surface area contributed by atoms with Gasteiger partial charge in [0.25, 0.3) is 0 Å². The van der Waals surface area contributed by atoms with E-state index in [-0.39, 0.29) is 18.0 Å². The first-order valence-corrected chi connectivity index (χ1v) is 11.6. The first kappa shape index (κ1) is 22.1. The minimum Gasteiger partial charge on any atom is -0.461 e. The average Bonchev–Trinajstić information content (AvgIpc) is 3.14. The van der Waals surface area contributed by atoms with E-state index in [0.29, 0.717) is 49.7 Å². The van der Waals surface area contributed by atoms with Crippen molar-refractivity contribution in [2.75, 3.05) is 31.1 Å². The molecule has 1 aliphatic heterocycles. The van der Waals surface area contributed by atoms with Gasteiger partial charge >= 0.3 is 5.63 Å². The number of hydrogen-bond acceptors (Lipinski definition) is 7. The lowest BCUT2D eigenvalue weighted by atomic mass is 9.98. The van der Waals surface area contributed by atoms with Crippen molar-refractivity contribution < 1.29 is 13.6 Å². The van der Waals surface area contributed by atoms with Crippen LogP contribution in [-0.2, 0) is 11.2 Å². The van der Waals surface area contributed by atoms with Crippen LogP contribution in [0.25, 0.3) is 21.9 Å². The molecule has 0 saturated carbocycles. The van der Waals surface area contributed by atoms with Gasteiger partial charge in [-0.05, 0) is 57.4 Å². The van der Waals surface area contributed by atoms with Crippen LogP contribution in [0.3, 0.4) is 0 Å². The van der Waals surface area contributed by atoms with Gasteiger partial charge < -0.3 is 18.6 Å². The Bertz CT molecular complexity index is 1450. The van der Waals surface area contributed by atoms with Gasteiger partial charge in [0.1, 0.15) is 16.9 Å². The summed E-state index contributed by atoms with van der Waals surface area (Å²) in [6.45, 7) is 10.4. The molecule has 0 aliphatic carbocycles. The van der Waals surface area contributed by atoms with Gasteiger partial charge in [-0.3, -0.25) is 4.79 Å². The highest BCUT2D eigenvalue weighted by molar-refractivity contribution is 6.00. The average molecular weight is 461 g/mol. The van der Waals surface area contributed by atoms with Crippen LogP contribution in [0.2, 0.25) is 0 Å². The van der Waals surface area contributed by atoms with Gasteiger partial charge in [-0.1, -0.05) is 0 Å². The summed E-state index contributed by atoms with van der Waals surface area (Å²) in [6, 6.07) is 3.83. The minimum absolute atomic E-state index is 0.0421. The lowest BCUT2D eigenvalue weighted by molar-refractivity contribution is -0.131. The van der Waals surface area contributed by atoms with Crippen molar-refractivity contribution in [2.24, 2.45) is 0 Å². The van der Waals surface area contributed by atoms with Gasteiger partial charge in [0.2, 0.25) is 11.9 Å². The van der Waals surface area contributed by atoms with Crippen molar-refractivity contribution in [3.63, 3.8) is 0 Å². The normalized spacial score (nSPS) is 14.4. The highest BCUT2D eigenvalue weighted by atomic mass is 16.4. The Morgan fingerprint density at radius 1 is 0.912 bits per heavy atom. The number of carbonyl (C=O) groups is 1. The Balaban J connectivity index is 1.34. The van der Waals surface area contributed by atoms with E-state index in [2.05, 4.69) is 14.9 Å². The topological polar surface area (TPSA) is 92.7 Å². The van der Waals surface area contributed by atoms with Gasteiger partial charge in [0.15, 0.2) is 0 Å². The number of amides is 1. The molecule has 1 aromatic carbocycles. The molecule has 1 fully saturated rings. The van der Waals surface area contributed by atoms with Gasteiger partial charge in [-0.25, -0.2) is 14.8 Å². The molecular formula is C26H28N4O4. The molecule has 1 amide bonds. The smallest absolute Gasteiger partial charge is 0.339 e. The summed E-state index contributed by atoms with van der Waals surface area (Å²) in [5.41, 5.74) is 4.27. The summed E-state index contributed by atoms with van der Waals surface area (Å²) in [7, 11) is 0. The molecule has 1 aliphatic rings. The van der Waals surface area contributed by atoms with Crippen LogP contribution in [0.5, 0.6) is 0 Å². The Morgan fingerprint density at radius 3 is 2.26 bits per heavy atom. The minimum atomic E-state index is -0.383. The third-order valence-electron chi connectivity index (χ3n) is 7.00. The van der Waals surface area contributed by atoms with Crippen molar-refractivity contribution in [1.29, 1.82) is 0 Å². The molecule has 0 spiro atoms.